The van der Waals surface area contributed by atoms with Crippen LogP contribution in [0.15, 0.2) is 91.0 Å². The molecular formula is C34H32O6. The third-order valence-electron chi connectivity index (χ3n) is 8.44. The van der Waals surface area contributed by atoms with Gasteiger partial charge in [0.1, 0.15) is 0 Å². The monoisotopic (exact) mass is 536 g/mol. The van der Waals surface area contributed by atoms with Crippen LogP contribution in [0, 0.1) is 11.8 Å². The molecule has 0 amide bonds. The molecule has 0 radical (unpaired) electrons. The van der Waals surface area contributed by atoms with Crippen LogP contribution < -0.4 is 18.9 Å². The Hall–Kier alpha value is -4.45. The summed E-state index contributed by atoms with van der Waals surface area (Å²) in [6.07, 6.45) is 0.625. The Balaban J connectivity index is 1.63. The van der Waals surface area contributed by atoms with Crippen LogP contribution in [0.4, 0.5) is 0 Å². The molecule has 4 aromatic rings. The average molecular weight is 537 g/mol. The highest BCUT2D eigenvalue weighted by Crippen LogP contribution is 2.59. The van der Waals surface area contributed by atoms with E-state index in [0.29, 0.717) is 29.4 Å². The van der Waals surface area contributed by atoms with Crippen LogP contribution in [0.5, 0.6) is 23.0 Å². The Morgan fingerprint density at radius 2 is 1.23 bits per heavy atom. The molecule has 0 N–H and O–H groups in total. The second-order valence-corrected chi connectivity index (χ2v) is 10.2. The number of cyclic esters (lactones) is 1. The summed E-state index contributed by atoms with van der Waals surface area (Å²) in [6, 6.07) is 30.1. The zero-order valence-electron chi connectivity index (χ0n) is 23.0. The van der Waals surface area contributed by atoms with Crippen LogP contribution in [0.3, 0.4) is 0 Å². The Kier molecular flexibility index (Phi) is 6.62. The highest BCUT2D eigenvalue weighted by atomic mass is 16.6. The number of esters is 1. The molecule has 40 heavy (non-hydrogen) atoms. The number of rotatable bonds is 7. The number of fused-ring (bicyclic) bond motifs is 2. The summed E-state index contributed by atoms with van der Waals surface area (Å²) in [4.78, 5) is 14.2. The van der Waals surface area contributed by atoms with Gasteiger partial charge in [0.15, 0.2) is 28.6 Å². The molecular weight excluding hydrogens is 504 g/mol. The minimum absolute atomic E-state index is 0.187. The first kappa shape index (κ1) is 25.8. The number of hydrogen-bond donors (Lipinski definition) is 0. The molecule has 204 valence electrons. The van der Waals surface area contributed by atoms with Gasteiger partial charge in [0, 0.05) is 23.0 Å². The van der Waals surface area contributed by atoms with Crippen molar-refractivity contribution in [2.24, 2.45) is 11.8 Å². The van der Waals surface area contributed by atoms with Gasteiger partial charge >= 0.3 is 5.97 Å². The molecule has 1 aliphatic carbocycles. The van der Waals surface area contributed by atoms with Crippen molar-refractivity contribution in [1.29, 1.82) is 0 Å². The van der Waals surface area contributed by atoms with Crippen molar-refractivity contribution in [3.8, 4) is 23.0 Å². The minimum Gasteiger partial charge on any atom is -0.493 e. The SMILES string of the molecule is COc1ccc([C@H]2c3cc(OC)c(OC)cc3C[C@@H]3[C@@H]2C(=O)OC3(c2ccccc2)c2ccccc2)cc1OC. The highest BCUT2D eigenvalue weighted by Gasteiger charge is 2.61. The third kappa shape index (κ3) is 3.89. The Bertz CT molecular complexity index is 1490. The molecule has 6 heteroatoms. The summed E-state index contributed by atoms with van der Waals surface area (Å²) in [5.74, 6) is 1.33. The summed E-state index contributed by atoms with van der Waals surface area (Å²) in [6.45, 7) is 0. The lowest BCUT2D eigenvalue weighted by Gasteiger charge is -2.41. The summed E-state index contributed by atoms with van der Waals surface area (Å²) >= 11 is 0. The molecule has 6 nitrogen and oxygen atoms in total. The minimum atomic E-state index is -0.954. The normalized spacial score (nSPS) is 20.6. The van der Waals surface area contributed by atoms with E-state index in [4.69, 9.17) is 23.7 Å². The molecule has 0 aromatic heterocycles. The van der Waals surface area contributed by atoms with Crippen LogP contribution in [0.1, 0.15) is 33.7 Å². The van der Waals surface area contributed by atoms with Gasteiger partial charge in [0.2, 0.25) is 0 Å². The van der Waals surface area contributed by atoms with Crippen LogP contribution in [-0.4, -0.2) is 34.4 Å². The lowest BCUT2D eigenvalue weighted by Crippen LogP contribution is -2.40. The molecule has 1 saturated heterocycles. The fourth-order valence-corrected chi connectivity index (χ4v) is 6.71. The van der Waals surface area contributed by atoms with Gasteiger partial charge in [-0.15, -0.1) is 0 Å². The van der Waals surface area contributed by atoms with E-state index in [0.717, 1.165) is 27.8 Å². The second-order valence-electron chi connectivity index (χ2n) is 10.2. The van der Waals surface area contributed by atoms with Gasteiger partial charge < -0.3 is 23.7 Å². The average Bonchev–Trinajstić information content (AvgIpc) is 3.31. The van der Waals surface area contributed by atoms with Crippen molar-refractivity contribution in [3.63, 3.8) is 0 Å². The first-order valence-corrected chi connectivity index (χ1v) is 13.4. The smallest absolute Gasteiger partial charge is 0.311 e. The Morgan fingerprint density at radius 1 is 0.675 bits per heavy atom. The van der Waals surface area contributed by atoms with Crippen LogP contribution in [0.2, 0.25) is 0 Å². The number of hydrogen-bond acceptors (Lipinski definition) is 6. The van der Waals surface area contributed by atoms with E-state index in [1.54, 1.807) is 28.4 Å². The molecule has 0 saturated carbocycles. The lowest BCUT2D eigenvalue weighted by molar-refractivity contribution is -0.149. The summed E-state index contributed by atoms with van der Waals surface area (Å²) in [7, 11) is 6.50. The van der Waals surface area contributed by atoms with Crippen molar-refractivity contribution in [2.45, 2.75) is 17.9 Å². The molecule has 6 rings (SSSR count). The molecule has 1 aliphatic heterocycles. The molecule has 3 atom stereocenters. The maximum Gasteiger partial charge on any atom is 0.311 e. The van der Waals surface area contributed by atoms with Crippen molar-refractivity contribution in [1.82, 2.24) is 0 Å². The third-order valence-corrected chi connectivity index (χ3v) is 8.44. The van der Waals surface area contributed by atoms with E-state index in [1.807, 2.05) is 66.7 Å². The quantitative estimate of drug-likeness (QED) is 0.264. The van der Waals surface area contributed by atoms with Crippen molar-refractivity contribution in [2.75, 3.05) is 28.4 Å². The van der Waals surface area contributed by atoms with Gasteiger partial charge in [-0.1, -0.05) is 66.7 Å². The highest BCUT2D eigenvalue weighted by molar-refractivity contribution is 5.81. The molecule has 1 fully saturated rings. The van der Waals surface area contributed by atoms with Crippen LogP contribution >= 0.6 is 0 Å². The molecule has 0 unspecified atom stereocenters. The molecule has 0 spiro atoms. The van der Waals surface area contributed by atoms with Gasteiger partial charge in [-0.2, -0.15) is 0 Å². The zero-order valence-corrected chi connectivity index (χ0v) is 23.0. The van der Waals surface area contributed by atoms with Gasteiger partial charge in [-0.05, 0) is 47.4 Å². The fraction of sp³-hybridized carbons (Fsp3) is 0.265. The number of carbonyl (C=O) groups is 1. The topological polar surface area (TPSA) is 63.2 Å². The lowest BCUT2D eigenvalue weighted by atomic mass is 9.60. The maximum atomic E-state index is 14.2. The number of carbonyl (C=O) groups excluding carboxylic acids is 1. The summed E-state index contributed by atoms with van der Waals surface area (Å²) in [5.41, 5.74) is 4.00. The van der Waals surface area contributed by atoms with E-state index in [2.05, 4.69) is 24.3 Å². The maximum absolute atomic E-state index is 14.2. The summed E-state index contributed by atoms with van der Waals surface area (Å²) < 4.78 is 29.2. The van der Waals surface area contributed by atoms with Crippen molar-refractivity contribution >= 4 is 5.97 Å². The van der Waals surface area contributed by atoms with Gasteiger partial charge in [-0.3, -0.25) is 4.79 Å². The standard InChI is InChI=1S/C34H32O6/c1-36-27-16-15-21(18-28(27)37-2)31-25-20-30(39-4)29(38-3)19-22(25)17-26-32(31)33(35)40-34(26,23-11-7-5-8-12-23)24-13-9-6-10-14-24/h5-16,18-20,26,31-32H,17H2,1-4H3/t26-,31+,32+/m1/s1. The predicted octanol–water partition coefficient (Wildman–Crippen LogP) is 6.14. The van der Waals surface area contributed by atoms with E-state index in [1.165, 1.54) is 0 Å². The van der Waals surface area contributed by atoms with Crippen molar-refractivity contribution in [3.05, 3.63) is 119 Å². The van der Waals surface area contributed by atoms with Gasteiger partial charge in [0.05, 0.1) is 34.4 Å². The predicted molar refractivity (Wildman–Crippen MR) is 151 cm³/mol. The number of ether oxygens (including phenoxy) is 5. The van der Waals surface area contributed by atoms with Crippen LogP contribution in [-0.2, 0) is 21.6 Å². The van der Waals surface area contributed by atoms with E-state index < -0.39 is 11.5 Å². The summed E-state index contributed by atoms with van der Waals surface area (Å²) in [5, 5.41) is 0. The van der Waals surface area contributed by atoms with E-state index in [9.17, 15) is 4.79 Å². The first-order chi connectivity index (χ1) is 19.5. The number of methoxy groups -OCH3 is 4. The Morgan fingerprint density at radius 3 is 1.80 bits per heavy atom. The van der Waals surface area contributed by atoms with E-state index in [-0.39, 0.29) is 17.8 Å². The van der Waals surface area contributed by atoms with Crippen molar-refractivity contribution < 1.29 is 28.5 Å². The molecule has 4 aromatic carbocycles. The first-order valence-electron chi connectivity index (χ1n) is 13.4. The fourth-order valence-electron chi connectivity index (χ4n) is 6.71. The Labute approximate surface area is 234 Å². The molecule has 1 heterocycles. The molecule has 2 aliphatic rings. The molecule has 0 bridgehead atoms. The van der Waals surface area contributed by atoms with E-state index >= 15 is 0 Å². The van der Waals surface area contributed by atoms with Crippen LogP contribution in [0.25, 0.3) is 0 Å². The number of benzene rings is 4. The van der Waals surface area contributed by atoms with Gasteiger partial charge in [0.25, 0.3) is 0 Å². The zero-order chi connectivity index (χ0) is 27.9. The largest absolute Gasteiger partial charge is 0.493 e. The second kappa shape index (κ2) is 10.3. The van der Waals surface area contributed by atoms with Gasteiger partial charge in [-0.25, -0.2) is 0 Å².